The summed E-state index contributed by atoms with van der Waals surface area (Å²) in [6.07, 6.45) is 7.53. The van der Waals surface area contributed by atoms with Crippen molar-refractivity contribution in [1.82, 2.24) is 16.0 Å². The van der Waals surface area contributed by atoms with Crippen LogP contribution in [0.3, 0.4) is 0 Å². The van der Waals surface area contributed by atoms with Gasteiger partial charge in [-0.1, -0.05) is 50.2 Å². The number of nitrogens with one attached hydrogen (secondary N) is 3. The van der Waals surface area contributed by atoms with Gasteiger partial charge >= 0.3 is 17.9 Å². The molecule has 302 valence electrons. The predicted molar refractivity (Wildman–Crippen MR) is 204 cm³/mol. The molecule has 0 spiro atoms. The van der Waals surface area contributed by atoms with E-state index in [1.807, 2.05) is 19.1 Å². The molecule has 56 heavy (non-hydrogen) atoms. The fourth-order valence-electron chi connectivity index (χ4n) is 9.84. The molecule has 13 heteroatoms. The molecule has 0 aliphatic heterocycles. The Kier molecular flexibility index (Phi) is 10.7. The molecule has 9 fully saturated rings. The van der Waals surface area contributed by atoms with Gasteiger partial charge in [0.1, 0.15) is 22.5 Å². The van der Waals surface area contributed by atoms with Crippen LogP contribution in [0.4, 0.5) is 0 Å². The second-order valence-electron chi connectivity index (χ2n) is 18.0. The smallest absolute Gasteiger partial charge is 0.342 e. The fourth-order valence-corrected chi connectivity index (χ4v) is 9.84. The summed E-state index contributed by atoms with van der Waals surface area (Å²) in [5, 5.41) is 18.0. The van der Waals surface area contributed by atoms with Crippen molar-refractivity contribution in [2.45, 2.75) is 152 Å². The van der Waals surface area contributed by atoms with Gasteiger partial charge in [-0.25, -0.2) is 4.79 Å². The Labute approximate surface area is 328 Å². The Hall–Kier alpha value is -4.78. The van der Waals surface area contributed by atoms with Crippen molar-refractivity contribution < 1.29 is 48.1 Å². The van der Waals surface area contributed by atoms with Crippen molar-refractivity contribution in [3.05, 3.63) is 65.2 Å². The van der Waals surface area contributed by atoms with Crippen LogP contribution in [0.5, 0.6) is 5.75 Å². The number of amides is 3. The lowest BCUT2D eigenvalue weighted by molar-refractivity contribution is -0.243. The van der Waals surface area contributed by atoms with Gasteiger partial charge in [0, 0.05) is 71.8 Å². The lowest BCUT2D eigenvalue weighted by atomic mass is 9.46. The highest BCUT2D eigenvalue weighted by atomic mass is 16.6. The molecular weight excluding hydrogens is 718 g/mol. The summed E-state index contributed by atoms with van der Waals surface area (Å²) in [6, 6.07) is 14.8. The number of rotatable bonds is 11. The topological polar surface area (TPSA) is 186 Å². The molecule has 9 saturated carbocycles. The molecule has 0 aromatic heterocycles. The van der Waals surface area contributed by atoms with Crippen LogP contribution in [0.15, 0.2) is 48.5 Å². The van der Waals surface area contributed by atoms with Crippen molar-refractivity contribution in [2.75, 3.05) is 0 Å². The van der Waals surface area contributed by atoms with Crippen molar-refractivity contribution >= 4 is 35.6 Å². The minimum absolute atomic E-state index is 0.000579. The minimum Gasteiger partial charge on any atom is -0.458 e. The van der Waals surface area contributed by atoms with Gasteiger partial charge in [0.25, 0.3) is 0 Å². The SMILES string of the molecule is CC(=O)NC12CC(O)(C1)C2.CC(=O)NC12CC(OC(=O)C(C)c3ccc(CC(C)C)cc3)(C1)C2.CC(=O)NC12CC(OC(=O)c3ccccc3OC(C)=O)(C1)C2. The van der Waals surface area contributed by atoms with E-state index in [1.54, 1.807) is 24.3 Å². The van der Waals surface area contributed by atoms with Gasteiger partial charge in [0.05, 0.1) is 22.6 Å². The molecule has 9 aliphatic rings. The Bertz CT molecular complexity index is 1860. The zero-order chi connectivity index (χ0) is 40.9. The zero-order valence-electron chi connectivity index (χ0n) is 33.5. The number of benzene rings is 2. The summed E-state index contributed by atoms with van der Waals surface area (Å²) in [7, 11) is 0. The van der Waals surface area contributed by atoms with E-state index < -0.39 is 23.1 Å². The van der Waals surface area contributed by atoms with Gasteiger partial charge in [-0.3, -0.25) is 24.0 Å². The van der Waals surface area contributed by atoms with E-state index in [4.69, 9.17) is 14.2 Å². The molecule has 1 unspecified atom stereocenters. The maximum Gasteiger partial charge on any atom is 0.342 e. The number of hydrogen-bond acceptors (Lipinski definition) is 10. The molecule has 11 rings (SSSR count). The number of carbonyl (C=O) groups is 6. The van der Waals surface area contributed by atoms with Crippen LogP contribution in [0, 0.1) is 5.92 Å². The third kappa shape index (κ3) is 8.62. The summed E-state index contributed by atoms with van der Waals surface area (Å²) in [5.41, 5.74) is 1.02. The average molecular weight is 774 g/mol. The van der Waals surface area contributed by atoms with E-state index in [1.165, 1.54) is 33.3 Å². The van der Waals surface area contributed by atoms with Crippen LogP contribution < -0.4 is 20.7 Å². The monoisotopic (exact) mass is 773 g/mol. The Morgan fingerprint density at radius 1 is 0.643 bits per heavy atom. The first-order valence-corrected chi connectivity index (χ1v) is 19.5. The molecule has 2 aromatic carbocycles. The number of esters is 3. The van der Waals surface area contributed by atoms with Crippen molar-refractivity contribution in [3.8, 4) is 5.75 Å². The lowest BCUT2D eigenvalue weighted by Gasteiger charge is -2.68. The second-order valence-corrected chi connectivity index (χ2v) is 18.0. The summed E-state index contributed by atoms with van der Waals surface area (Å²) < 4.78 is 16.4. The third-order valence-electron chi connectivity index (χ3n) is 11.8. The molecule has 0 heterocycles. The Balaban J connectivity index is 0.000000153. The van der Waals surface area contributed by atoms with E-state index in [2.05, 4.69) is 41.9 Å². The highest BCUT2D eigenvalue weighted by molar-refractivity contribution is 5.94. The maximum atomic E-state index is 12.5. The van der Waals surface area contributed by atoms with Gasteiger partial charge in [-0.15, -0.1) is 0 Å². The number of carbonyl (C=O) groups excluding carboxylic acids is 6. The average Bonchev–Trinajstić information content (AvgIpc) is 3.00. The number of aliphatic hydroxyl groups is 1. The van der Waals surface area contributed by atoms with Gasteiger partial charge in [0.15, 0.2) is 0 Å². The molecule has 2 aromatic rings. The van der Waals surface area contributed by atoms with E-state index in [-0.39, 0.29) is 63.1 Å². The van der Waals surface area contributed by atoms with Gasteiger partial charge < -0.3 is 35.3 Å². The predicted octanol–water partition coefficient (Wildman–Crippen LogP) is 4.71. The highest BCUT2D eigenvalue weighted by Gasteiger charge is 2.72. The molecule has 3 amide bonds. The summed E-state index contributed by atoms with van der Waals surface area (Å²) in [6.45, 7) is 12.1. The minimum atomic E-state index is -0.507. The van der Waals surface area contributed by atoms with Crippen LogP contribution in [-0.4, -0.2) is 74.2 Å². The normalized spacial score (nSPS) is 31.9. The van der Waals surface area contributed by atoms with Gasteiger partial charge in [-0.2, -0.15) is 0 Å². The van der Waals surface area contributed by atoms with Crippen molar-refractivity contribution in [1.29, 1.82) is 0 Å². The van der Waals surface area contributed by atoms with Crippen LogP contribution in [0.25, 0.3) is 0 Å². The van der Waals surface area contributed by atoms with Gasteiger partial charge in [0.2, 0.25) is 17.7 Å². The van der Waals surface area contributed by atoms with Crippen LogP contribution in [0.1, 0.15) is 134 Å². The molecular formula is C43H55N3O10. The van der Waals surface area contributed by atoms with Crippen LogP contribution in [-0.2, 0) is 39.9 Å². The maximum absolute atomic E-state index is 12.5. The molecule has 4 N–H and O–H groups in total. The van der Waals surface area contributed by atoms with Crippen molar-refractivity contribution in [2.24, 2.45) is 5.92 Å². The first kappa shape index (κ1) is 40.9. The first-order valence-electron chi connectivity index (χ1n) is 19.5. The zero-order valence-corrected chi connectivity index (χ0v) is 33.5. The summed E-state index contributed by atoms with van der Waals surface area (Å²) in [5.74, 6) is -0.664. The largest absolute Gasteiger partial charge is 0.458 e. The van der Waals surface area contributed by atoms with Crippen LogP contribution in [0.2, 0.25) is 0 Å². The summed E-state index contributed by atoms with van der Waals surface area (Å²) >= 11 is 0. The standard InChI is InChI=1S/C20H27NO3.C16H17NO5.C7H11NO2/c1-13(2)9-16-5-7-17(8-6-16)14(3)18(23)24-20-10-19(11-20,12-20)21-15(4)22;1-10(18)17-15-7-16(8-15,9-15)22-14(20)12-5-3-4-6-13(12)21-11(2)19;1-5(9)8-6-2-7(10,3-6)4-6/h5-8,13-14H,9-12H2,1-4H3,(H,21,22);3-6H,7-9H2,1-2H3,(H,17,18);10H,2-4H2,1H3,(H,8,9). The Morgan fingerprint density at radius 3 is 1.52 bits per heavy atom. The van der Waals surface area contributed by atoms with E-state index in [0.29, 0.717) is 25.2 Å². The first-order chi connectivity index (χ1) is 26.1. The third-order valence-corrected chi connectivity index (χ3v) is 11.8. The van der Waals surface area contributed by atoms with E-state index >= 15 is 0 Å². The quantitative estimate of drug-likeness (QED) is 0.184. The molecule has 1 atom stereocenters. The van der Waals surface area contributed by atoms with E-state index in [0.717, 1.165) is 50.5 Å². The molecule has 9 aliphatic carbocycles. The molecule has 6 bridgehead atoms. The molecule has 0 radical (unpaired) electrons. The molecule has 0 saturated heterocycles. The second kappa shape index (κ2) is 14.6. The number of para-hydroxylation sites is 1. The highest BCUT2D eigenvalue weighted by Crippen LogP contribution is 2.64. The van der Waals surface area contributed by atoms with E-state index in [9.17, 15) is 33.9 Å². The number of ether oxygens (including phenoxy) is 3. The van der Waals surface area contributed by atoms with Gasteiger partial charge in [-0.05, 0) is 61.8 Å². The van der Waals surface area contributed by atoms with Crippen LogP contribution >= 0.6 is 0 Å². The number of hydrogen-bond donors (Lipinski definition) is 4. The molecule has 13 nitrogen and oxygen atoms in total. The summed E-state index contributed by atoms with van der Waals surface area (Å²) in [4.78, 5) is 68.7. The Morgan fingerprint density at radius 2 is 1.09 bits per heavy atom. The lowest BCUT2D eigenvalue weighted by Crippen LogP contribution is -2.79. The fraction of sp³-hybridized carbons (Fsp3) is 0.581. The van der Waals surface area contributed by atoms with Crippen molar-refractivity contribution in [3.63, 3.8) is 0 Å².